The van der Waals surface area contributed by atoms with E-state index in [2.05, 4.69) is 22.4 Å². The van der Waals surface area contributed by atoms with E-state index in [1.807, 2.05) is 23.1 Å². The standard InChI is InChI=1S/C20H23N3O2S2/c24-18(13-26-12-14-5-2-1-3-6-14)23-10-9-16-17(11-23)27-20(21-16)22-19(25)15-7-4-8-15/h1-3,5-6,15H,4,7-13H2,(H,21,22,25). The molecule has 1 aliphatic heterocycles. The first-order chi connectivity index (χ1) is 13.2. The molecule has 0 spiro atoms. The van der Waals surface area contributed by atoms with Crippen LogP contribution < -0.4 is 5.32 Å². The predicted octanol–water partition coefficient (Wildman–Crippen LogP) is 3.70. The Morgan fingerprint density at radius 2 is 2.07 bits per heavy atom. The number of hydrogen-bond acceptors (Lipinski definition) is 5. The van der Waals surface area contributed by atoms with Gasteiger partial charge in [-0.2, -0.15) is 0 Å². The van der Waals surface area contributed by atoms with E-state index in [1.165, 1.54) is 16.9 Å². The number of rotatable bonds is 6. The smallest absolute Gasteiger partial charge is 0.232 e. The SMILES string of the molecule is O=C(Nc1nc2c(s1)CN(C(=O)CSCc1ccccc1)CC2)C1CCC1. The number of aromatic nitrogens is 1. The van der Waals surface area contributed by atoms with Crippen LogP contribution >= 0.6 is 23.1 Å². The van der Waals surface area contributed by atoms with Gasteiger partial charge in [-0.1, -0.05) is 48.1 Å². The van der Waals surface area contributed by atoms with Crippen molar-refractivity contribution in [3.63, 3.8) is 0 Å². The normalized spacial score (nSPS) is 16.5. The third-order valence-electron chi connectivity index (χ3n) is 5.13. The van der Waals surface area contributed by atoms with E-state index in [9.17, 15) is 9.59 Å². The van der Waals surface area contributed by atoms with Gasteiger partial charge >= 0.3 is 0 Å². The third kappa shape index (κ3) is 4.52. The van der Waals surface area contributed by atoms with Gasteiger partial charge in [0.05, 0.1) is 18.0 Å². The monoisotopic (exact) mass is 401 g/mol. The molecule has 0 saturated heterocycles. The van der Waals surface area contributed by atoms with Crippen molar-refractivity contribution in [2.45, 2.75) is 38.0 Å². The Morgan fingerprint density at radius 1 is 1.26 bits per heavy atom. The molecule has 1 aromatic carbocycles. The van der Waals surface area contributed by atoms with Crippen molar-refractivity contribution in [2.75, 3.05) is 17.6 Å². The van der Waals surface area contributed by atoms with Crippen molar-refractivity contribution < 1.29 is 9.59 Å². The summed E-state index contributed by atoms with van der Waals surface area (Å²) in [6.45, 7) is 1.31. The van der Waals surface area contributed by atoms with Gasteiger partial charge in [-0.05, 0) is 18.4 Å². The summed E-state index contributed by atoms with van der Waals surface area (Å²) in [4.78, 5) is 32.2. The lowest BCUT2D eigenvalue weighted by molar-refractivity contribution is -0.129. The molecule has 1 N–H and O–H groups in total. The lowest BCUT2D eigenvalue weighted by Gasteiger charge is -2.26. The fourth-order valence-electron chi connectivity index (χ4n) is 3.26. The van der Waals surface area contributed by atoms with Gasteiger partial charge in [0, 0.05) is 29.5 Å². The highest BCUT2D eigenvalue weighted by Crippen LogP contribution is 2.31. The number of anilines is 1. The largest absolute Gasteiger partial charge is 0.336 e. The number of thiazole rings is 1. The van der Waals surface area contributed by atoms with E-state index in [1.54, 1.807) is 11.8 Å². The summed E-state index contributed by atoms with van der Waals surface area (Å²) < 4.78 is 0. The highest BCUT2D eigenvalue weighted by atomic mass is 32.2. The second-order valence-electron chi connectivity index (χ2n) is 7.05. The topological polar surface area (TPSA) is 62.3 Å². The zero-order valence-electron chi connectivity index (χ0n) is 15.1. The van der Waals surface area contributed by atoms with Crippen LogP contribution in [0.2, 0.25) is 0 Å². The molecule has 0 radical (unpaired) electrons. The van der Waals surface area contributed by atoms with Crippen LogP contribution in [0, 0.1) is 5.92 Å². The Hall–Kier alpha value is -1.86. The average molecular weight is 402 g/mol. The van der Waals surface area contributed by atoms with Gasteiger partial charge in [-0.15, -0.1) is 11.8 Å². The Labute approximate surface area is 167 Å². The molecule has 4 rings (SSSR count). The van der Waals surface area contributed by atoms with Crippen molar-refractivity contribution in [1.82, 2.24) is 9.88 Å². The Bertz CT molecular complexity index is 818. The molecule has 0 atom stereocenters. The molecule has 27 heavy (non-hydrogen) atoms. The molecule has 7 heteroatoms. The fraction of sp³-hybridized carbons (Fsp3) is 0.450. The number of amides is 2. The number of nitrogens with zero attached hydrogens (tertiary/aromatic N) is 2. The van der Waals surface area contributed by atoms with Crippen LogP contribution in [-0.4, -0.2) is 34.0 Å². The van der Waals surface area contributed by atoms with Gasteiger partial charge in [-0.3, -0.25) is 9.59 Å². The molecular weight excluding hydrogens is 378 g/mol. The second-order valence-corrected chi connectivity index (χ2v) is 9.12. The maximum absolute atomic E-state index is 12.5. The van der Waals surface area contributed by atoms with E-state index in [0.29, 0.717) is 24.0 Å². The first-order valence-electron chi connectivity index (χ1n) is 9.38. The molecule has 2 heterocycles. The maximum Gasteiger partial charge on any atom is 0.232 e. The number of carbonyl (C=O) groups excluding carboxylic acids is 2. The third-order valence-corrected chi connectivity index (χ3v) is 7.11. The minimum Gasteiger partial charge on any atom is -0.336 e. The minimum absolute atomic E-state index is 0.0950. The molecular formula is C20H23N3O2S2. The summed E-state index contributed by atoms with van der Waals surface area (Å²) in [6, 6.07) is 10.2. The van der Waals surface area contributed by atoms with Crippen LogP contribution in [0.4, 0.5) is 5.13 Å². The average Bonchev–Trinajstić information content (AvgIpc) is 3.02. The van der Waals surface area contributed by atoms with E-state index in [4.69, 9.17) is 0 Å². The summed E-state index contributed by atoms with van der Waals surface area (Å²) in [5.41, 5.74) is 2.27. The van der Waals surface area contributed by atoms with Crippen molar-refractivity contribution in [2.24, 2.45) is 5.92 Å². The summed E-state index contributed by atoms with van der Waals surface area (Å²) in [7, 11) is 0. The summed E-state index contributed by atoms with van der Waals surface area (Å²) in [5, 5.41) is 3.64. The lowest BCUT2D eigenvalue weighted by Crippen LogP contribution is -2.36. The van der Waals surface area contributed by atoms with Gasteiger partial charge in [0.15, 0.2) is 5.13 Å². The van der Waals surface area contributed by atoms with Gasteiger partial charge in [0.2, 0.25) is 11.8 Å². The van der Waals surface area contributed by atoms with Crippen LogP contribution in [0.5, 0.6) is 0 Å². The van der Waals surface area contributed by atoms with Crippen LogP contribution in [0.25, 0.3) is 0 Å². The molecule has 1 fully saturated rings. The second kappa shape index (κ2) is 8.44. The first-order valence-corrected chi connectivity index (χ1v) is 11.3. The van der Waals surface area contributed by atoms with Crippen LogP contribution in [0.1, 0.15) is 35.4 Å². The van der Waals surface area contributed by atoms with Gasteiger partial charge in [-0.25, -0.2) is 4.98 Å². The van der Waals surface area contributed by atoms with Crippen molar-refractivity contribution in [3.05, 3.63) is 46.5 Å². The number of thioether (sulfide) groups is 1. The molecule has 0 bridgehead atoms. The number of benzene rings is 1. The molecule has 2 aliphatic rings. The minimum atomic E-state index is 0.0950. The van der Waals surface area contributed by atoms with Crippen molar-refractivity contribution in [1.29, 1.82) is 0 Å². The van der Waals surface area contributed by atoms with Gasteiger partial charge < -0.3 is 10.2 Å². The highest BCUT2D eigenvalue weighted by Gasteiger charge is 2.28. The van der Waals surface area contributed by atoms with Gasteiger partial charge in [0.1, 0.15) is 0 Å². The quantitative estimate of drug-likeness (QED) is 0.802. The molecule has 2 amide bonds. The molecule has 1 aromatic heterocycles. The van der Waals surface area contributed by atoms with E-state index in [-0.39, 0.29) is 17.7 Å². The van der Waals surface area contributed by atoms with Crippen LogP contribution in [0.3, 0.4) is 0 Å². The highest BCUT2D eigenvalue weighted by molar-refractivity contribution is 7.99. The molecule has 142 valence electrons. The number of carbonyl (C=O) groups is 2. The number of fused-ring (bicyclic) bond motifs is 1. The Balaban J connectivity index is 1.28. The van der Waals surface area contributed by atoms with Gasteiger partial charge in [0.25, 0.3) is 0 Å². The fourth-order valence-corrected chi connectivity index (χ4v) is 5.18. The number of hydrogen-bond donors (Lipinski definition) is 1. The van der Waals surface area contributed by atoms with Crippen LogP contribution in [0.15, 0.2) is 30.3 Å². The van der Waals surface area contributed by atoms with Crippen molar-refractivity contribution in [3.8, 4) is 0 Å². The van der Waals surface area contributed by atoms with E-state index in [0.717, 1.165) is 42.0 Å². The zero-order valence-corrected chi connectivity index (χ0v) is 16.8. The molecule has 5 nitrogen and oxygen atoms in total. The number of nitrogens with one attached hydrogen (secondary N) is 1. The summed E-state index contributed by atoms with van der Waals surface area (Å²) in [6.07, 6.45) is 3.88. The van der Waals surface area contributed by atoms with E-state index >= 15 is 0 Å². The molecule has 2 aromatic rings. The van der Waals surface area contributed by atoms with Crippen molar-refractivity contribution >= 4 is 40.0 Å². The Morgan fingerprint density at radius 3 is 2.81 bits per heavy atom. The molecule has 0 unspecified atom stereocenters. The maximum atomic E-state index is 12.5. The molecule has 1 saturated carbocycles. The predicted molar refractivity (Wildman–Crippen MR) is 110 cm³/mol. The lowest BCUT2D eigenvalue weighted by atomic mass is 9.85. The Kier molecular flexibility index (Phi) is 5.78. The summed E-state index contributed by atoms with van der Waals surface area (Å²) in [5.74, 6) is 1.77. The van der Waals surface area contributed by atoms with E-state index < -0.39 is 0 Å². The van der Waals surface area contributed by atoms with Crippen LogP contribution in [-0.2, 0) is 28.3 Å². The zero-order chi connectivity index (χ0) is 18.6. The summed E-state index contributed by atoms with van der Waals surface area (Å²) >= 11 is 3.17. The molecule has 1 aliphatic carbocycles. The first kappa shape index (κ1) is 18.5.